The maximum atomic E-state index is 11.9. The van der Waals surface area contributed by atoms with Crippen molar-refractivity contribution in [1.82, 2.24) is 9.78 Å². The van der Waals surface area contributed by atoms with E-state index < -0.39 is 5.92 Å². The SMILES string of the molecule is Cc1cc(C)n(C(=O)C[C@H](C)C(C#N)C#N)n1. The van der Waals surface area contributed by atoms with Crippen molar-refractivity contribution in [2.75, 3.05) is 0 Å². The predicted octanol–water partition coefficient (Wildman–Crippen LogP) is 1.83. The summed E-state index contributed by atoms with van der Waals surface area (Å²) < 4.78 is 1.33. The summed E-state index contributed by atoms with van der Waals surface area (Å²) in [5.41, 5.74) is 1.55. The highest BCUT2D eigenvalue weighted by Crippen LogP contribution is 2.15. The van der Waals surface area contributed by atoms with Gasteiger partial charge in [0.15, 0.2) is 0 Å². The van der Waals surface area contributed by atoms with Crippen LogP contribution in [0.1, 0.15) is 29.5 Å². The molecule has 1 aromatic heterocycles. The maximum absolute atomic E-state index is 11.9. The van der Waals surface area contributed by atoms with E-state index in [1.807, 2.05) is 25.1 Å². The molecule has 0 radical (unpaired) electrons. The molecule has 0 saturated carbocycles. The van der Waals surface area contributed by atoms with Gasteiger partial charge in [-0.3, -0.25) is 4.79 Å². The number of carbonyl (C=O) groups excluding carboxylic acids is 1. The summed E-state index contributed by atoms with van der Waals surface area (Å²) in [7, 11) is 0. The van der Waals surface area contributed by atoms with Crippen LogP contribution in [0.3, 0.4) is 0 Å². The van der Waals surface area contributed by atoms with Gasteiger partial charge in [-0.25, -0.2) is 4.68 Å². The van der Waals surface area contributed by atoms with E-state index in [2.05, 4.69) is 5.10 Å². The van der Waals surface area contributed by atoms with E-state index in [1.165, 1.54) is 4.68 Å². The Labute approximate surface area is 100 Å². The van der Waals surface area contributed by atoms with Crippen molar-refractivity contribution >= 4 is 5.91 Å². The molecule has 88 valence electrons. The van der Waals surface area contributed by atoms with Gasteiger partial charge in [-0.1, -0.05) is 6.92 Å². The minimum absolute atomic E-state index is 0.147. The van der Waals surface area contributed by atoms with E-state index in [-0.39, 0.29) is 18.2 Å². The molecule has 5 nitrogen and oxygen atoms in total. The second-order valence-corrected chi connectivity index (χ2v) is 4.15. The van der Waals surface area contributed by atoms with Gasteiger partial charge >= 0.3 is 0 Å². The molecule has 0 aromatic carbocycles. The number of hydrogen-bond donors (Lipinski definition) is 0. The maximum Gasteiger partial charge on any atom is 0.247 e. The van der Waals surface area contributed by atoms with E-state index in [9.17, 15) is 4.79 Å². The topological polar surface area (TPSA) is 82.5 Å². The second kappa shape index (κ2) is 5.27. The van der Waals surface area contributed by atoms with Crippen LogP contribution in [0.15, 0.2) is 6.07 Å². The zero-order valence-electron chi connectivity index (χ0n) is 10.1. The van der Waals surface area contributed by atoms with Gasteiger partial charge in [-0.15, -0.1) is 0 Å². The quantitative estimate of drug-likeness (QED) is 0.793. The second-order valence-electron chi connectivity index (χ2n) is 4.15. The summed E-state index contributed by atoms with van der Waals surface area (Å²) in [6.45, 7) is 5.34. The normalized spacial score (nSPS) is 11.9. The minimum Gasteiger partial charge on any atom is -0.273 e. The third-order valence-electron chi connectivity index (χ3n) is 2.59. The predicted molar refractivity (Wildman–Crippen MR) is 60.8 cm³/mol. The van der Waals surface area contributed by atoms with E-state index in [4.69, 9.17) is 10.5 Å². The molecule has 1 rings (SSSR count). The van der Waals surface area contributed by atoms with Gasteiger partial charge in [-0.2, -0.15) is 15.6 Å². The highest BCUT2D eigenvalue weighted by Gasteiger charge is 2.21. The number of hydrogen-bond acceptors (Lipinski definition) is 4. The fourth-order valence-electron chi connectivity index (χ4n) is 1.64. The smallest absolute Gasteiger partial charge is 0.247 e. The molecular weight excluding hydrogens is 216 g/mol. The first-order valence-electron chi connectivity index (χ1n) is 5.35. The van der Waals surface area contributed by atoms with Crippen LogP contribution in [0, 0.1) is 48.3 Å². The summed E-state index contributed by atoms with van der Waals surface area (Å²) in [5.74, 6) is -1.23. The Morgan fingerprint density at radius 3 is 2.47 bits per heavy atom. The zero-order chi connectivity index (χ0) is 13.0. The Hall–Kier alpha value is -2.14. The number of aromatic nitrogens is 2. The van der Waals surface area contributed by atoms with Gasteiger partial charge in [0, 0.05) is 12.1 Å². The fourth-order valence-corrected chi connectivity index (χ4v) is 1.64. The number of nitrogens with zero attached hydrogens (tertiary/aromatic N) is 4. The van der Waals surface area contributed by atoms with E-state index in [0.717, 1.165) is 11.4 Å². The van der Waals surface area contributed by atoms with Crippen LogP contribution in [0.5, 0.6) is 0 Å². The van der Waals surface area contributed by atoms with E-state index in [0.29, 0.717) is 0 Å². The largest absolute Gasteiger partial charge is 0.273 e. The Kier molecular flexibility index (Phi) is 4.01. The Morgan fingerprint density at radius 1 is 1.47 bits per heavy atom. The average Bonchev–Trinajstić information content (AvgIpc) is 2.59. The van der Waals surface area contributed by atoms with Crippen LogP contribution < -0.4 is 0 Å². The molecule has 0 spiro atoms. The molecule has 0 saturated heterocycles. The van der Waals surface area contributed by atoms with Crippen molar-refractivity contribution in [2.45, 2.75) is 27.2 Å². The molecule has 0 aliphatic rings. The number of rotatable bonds is 3. The van der Waals surface area contributed by atoms with Crippen LogP contribution in [-0.4, -0.2) is 15.7 Å². The summed E-state index contributed by atoms with van der Waals surface area (Å²) in [6, 6.07) is 5.58. The molecule has 5 heteroatoms. The van der Waals surface area contributed by atoms with Crippen LogP contribution in [0.4, 0.5) is 0 Å². The average molecular weight is 230 g/mol. The van der Waals surface area contributed by atoms with Gasteiger partial charge in [0.1, 0.15) is 5.92 Å². The molecule has 0 aliphatic carbocycles. The fraction of sp³-hybridized carbons (Fsp3) is 0.500. The van der Waals surface area contributed by atoms with Crippen molar-refractivity contribution in [2.24, 2.45) is 11.8 Å². The molecule has 1 aromatic rings. The third kappa shape index (κ3) is 2.92. The number of carbonyl (C=O) groups is 1. The Morgan fingerprint density at radius 2 is 2.06 bits per heavy atom. The lowest BCUT2D eigenvalue weighted by molar-refractivity contribution is 0.0860. The molecule has 0 aliphatic heterocycles. The van der Waals surface area contributed by atoms with Crippen molar-refractivity contribution < 1.29 is 4.79 Å². The van der Waals surface area contributed by atoms with Crippen molar-refractivity contribution in [3.05, 3.63) is 17.5 Å². The van der Waals surface area contributed by atoms with E-state index in [1.54, 1.807) is 13.8 Å². The lowest BCUT2D eigenvalue weighted by Gasteiger charge is -2.10. The van der Waals surface area contributed by atoms with Gasteiger partial charge in [0.05, 0.1) is 17.8 Å². The first-order valence-corrected chi connectivity index (χ1v) is 5.35. The Balaban J connectivity index is 2.78. The lowest BCUT2D eigenvalue weighted by atomic mass is 9.93. The summed E-state index contributed by atoms with van der Waals surface area (Å²) in [6.07, 6.45) is 0.147. The van der Waals surface area contributed by atoms with Gasteiger partial charge < -0.3 is 0 Å². The molecule has 0 fully saturated rings. The molecule has 0 amide bonds. The molecule has 0 unspecified atom stereocenters. The highest BCUT2D eigenvalue weighted by molar-refractivity contribution is 5.79. The van der Waals surface area contributed by atoms with Crippen LogP contribution >= 0.6 is 0 Å². The third-order valence-corrected chi connectivity index (χ3v) is 2.59. The van der Waals surface area contributed by atoms with Gasteiger partial charge in [0.25, 0.3) is 0 Å². The van der Waals surface area contributed by atoms with Crippen molar-refractivity contribution in [3.8, 4) is 12.1 Å². The van der Waals surface area contributed by atoms with Crippen LogP contribution in [-0.2, 0) is 0 Å². The van der Waals surface area contributed by atoms with Crippen molar-refractivity contribution in [3.63, 3.8) is 0 Å². The highest BCUT2D eigenvalue weighted by atomic mass is 16.2. The summed E-state index contributed by atoms with van der Waals surface area (Å²) >= 11 is 0. The van der Waals surface area contributed by atoms with Crippen LogP contribution in [0.2, 0.25) is 0 Å². The first kappa shape index (κ1) is 12.9. The monoisotopic (exact) mass is 230 g/mol. The number of nitriles is 2. The Bertz CT molecular complexity index is 490. The van der Waals surface area contributed by atoms with Crippen molar-refractivity contribution in [1.29, 1.82) is 10.5 Å². The molecular formula is C12H14N4O. The van der Waals surface area contributed by atoms with Crippen LogP contribution in [0.25, 0.3) is 0 Å². The van der Waals surface area contributed by atoms with Gasteiger partial charge in [0.2, 0.25) is 5.91 Å². The minimum atomic E-state index is -0.754. The first-order chi connectivity index (χ1) is 7.99. The zero-order valence-corrected chi connectivity index (χ0v) is 10.1. The molecule has 0 N–H and O–H groups in total. The summed E-state index contributed by atoms with van der Waals surface area (Å²) in [4.78, 5) is 11.9. The molecule has 17 heavy (non-hydrogen) atoms. The summed E-state index contributed by atoms with van der Waals surface area (Å²) in [5, 5.41) is 21.5. The van der Waals surface area contributed by atoms with E-state index >= 15 is 0 Å². The molecule has 1 atom stereocenters. The lowest BCUT2D eigenvalue weighted by Crippen LogP contribution is -2.20. The van der Waals surface area contributed by atoms with Gasteiger partial charge in [-0.05, 0) is 25.8 Å². The standard InChI is InChI=1S/C12H14N4O/c1-8(11(6-13)7-14)4-12(17)16-10(3)5-9(2)15-16/h5,8,11H,4H2,1-3H3/t8-/m0/s1. The number of aryl methyl sites for hydroxylation is 2. The molecule has 1 heterocycles. The molecule has 0 bridgehead atoms.